The molecule has 0 unspecified atom stereocenters. The van der Waals surface area contributed by atoms with Gasteiger partial charge in [0, 0.05) is 5.56 Å². The number of thioether (sulfide) groups is 1. The first-order valence-electron chi connectivity index (χ1n) is 11.7. The summed E-state index contributed by atoms with van der Waals surface area (Å²) in [6, 6.07) is 29.2. The van der Waals surface area contributed by atoms with Crippen molar-refractivity contribution in [3.8, 4) is 11.5 Å². The predicted molar refractivity (Wildman–Crippen MR) is 159 cm³/mol. The van der Waals surface area contributed by atoms with Gasteiger partial charge in [-0.05, 0) is 88.5 Å². The molecule has 5 rings (SSSR count). The molecule has 0 atom stereocenters. The highest BCUT2D eigenvalue weighted by Crippen LogP contribution is 2.39. The van der Waals surface area contributed by atoms with Crippen LogP contribution in [0.4, 0.5) is 15.8 Å². The molecule has 1 aliphatic heterocycles. The Morgan fingerprint density at radius 3 is 2.37 bits per heavy atom. The maximum Gasteiger partial charge on any atom is 0.271 e. The number of para-hydroxylation sites is 2. The Hall–Kier alpha value is -3.63. The summed E-state index contributed by atoms with van der Waals surface area (Å²) in [5, 5.41) is 0.574. The lowest BCUT2D eigenvalue weighted by molar-refractivity contribution is -0.113. The summed E-state index contributed by atoms with van der Waals surface area (Å²) >= 11 is 3.47. The summed E-state index contributed by atoms with van der Waals surface area (Å²) in [7, 11) is 1.55. The Morgan fingerprint density at radius 2 is 1.66 bits per heavy atom. The maximum absolute atomic E-state index is 14.1. The van der Waals surface area contributed by atoms with E-state index in [2.05, 4.69) is 22.6 Å². The smallest absolute Gasteiger partial charge is 0.271 e. The highest BCUT2D eigenvalue weighted by molar-refractivity contribution is 14.1. The number of anilines is 1. The van der Waals surface area contributed by atoms with Crippen molar-refractivity contribution < 1.29 is 18.7 Å². The van der Waals surface area contributed by atoms with Crippen LogP contribution >= 0.6 is 34.4 Å². The molecule has 0 bridgehead atoms. The Bertz CT molecular complexity index is 1530. The van der Waals surface area contributed by atoms with Crippen molar-refractivity contribution in [1.29, 1.82) is 0 Å². The average molecular weight is 636 g/mol. The van der Waals surface area contributed by atoms with Crippen LogP contribution in [0.3, 0.4) is 0 Å². The van der Waals surface area contributed by atoms with Gasteiger partial charge < -0.3 is 9.47 Å². The molecule has 1 saturated heterocycles. The summed E-state index contributed by atoms with van der Waals surface area (Å²) < 4.78 is 26.4. The fraction of sp³-hybridized carbons (Fsp3) is 0.0667. The van der Waals surface area contributed by atoms with E-state index in [1.54, 1.807) is 36.3 Å². The van der Waals surface area contributed by atoms with Crippen LogP contribution < -0.4 is 14.4 Å². The second-order valence-electron chi connectivity index (χ2n) is 8.23. The molecule has 0 aromatic heterocycles. The highest BCUT2D eigenvalue weighted by Gasteiger charge is 2.34. The Kier molecular flexibility index (Phi) is 8.09. The highest BCUT2D eigenvalue weighted by atomic mass is 127. The number of carbonyl (C=O) groups is 1. The van der Waals surface area contributed by atoms with Gasteiger partial charge in [0.1, 0.15) is 12.4 Å². The Balaban J connectivity index is 1.47. The quantitative estimate of drug-likeness (QED) is 0.153. The molecule has 4 aromatic rings. The van der Waals surface area contributed by atoms with Gasteiger partial charge in [0.25, 0.3) is 5.91 Å². The third-order valence-electron chi connectivity index (χ3n) is 5.68. The lowest BCUT2D eigenvalue weighted by Crippen LogP contribution is -2.28. The number of methoxy groups -OCH3 is 1. The molecule has 38 heavy (non-hydrogen) atoms. The number of aliphatic imine (C=N–C) groups is 1. The van der Waals surface area contributed by atoms with Gasteiger partial charge in [-0.25, -0.2) is 9.38 Å². The average Bonchev–Trinajstić information content (AvgIpc) is 3.23. The zero-order chi connectivity index (χ0) is 26.5. The van der Waals surface area contributed by atoms with Crippen molar-refractivity contribution in [2.45, 2.75) is 6.61 Å². The fourth-order valence-corrected chi connectivity index (χ4v) is 5.63. The number of benzene rings is 4. The van der Waals surface area contributed by atoms with Crippen molar-refractivity contribution >= 4 is 62.9 Å². The minimum Gasteiger partial charge on any atom is -0.493 e. The lowest BCUT2D eigenvalue weighted by atomic mass is 10.1. The molecule has 0 radical (unpaired) electrons. The van der Waals surface area contributed by atoms with Crippen LogP contribution in [0.2, 0.25) is 0 Å². The second-order valence-corrected chi connectivity index (χ2v) is 10.4. The largest absolute Gasteiger partial charge is 0.493 e. The van der Waals surface area contributed by atoms with E-state index in [0.717, 1.165) is 20.5 Å². The van der Waals surface area contributed by atoms with E-state index < -0.39 is 0 Å². The van der Waals surface area contributed by atoms with Crippen LogP contribution in [-0.2, 0) is 11.4 Å². The second kappa shape index (κ2) is 11.8. The first-order valence-corrected chi connectivity index (χ1v) is 13.6. The first kappa shape index (κ1) is 26.0. The van der Waals surface area contributed by atoms with E-state index in [-0.39, 0.29) is 18.3 Å². The summed E-state index contributed by atoms with van der Waals surface area (Å²) in [4.78, 5) is 20.5. The standard InChI is InChI=1S/C30H22FIN2O3S/c1-36-26-17-20(16-25(32)28(26)37-19-21-10-8-9-15-24(21)31)18-27-29(35)34(23-13-6-3-7-14-23)30(38-27)33-22-11-4-2-5-12-22/h2-18H,19H2,1H3/b27-18+,33-30?. The molecule has 4 aromatic carbocycles. The van der Waals surface area contributed by atoms with Gasteiger partial charge in [0.2, 0.25) is 0 Å². The van der Waals surface area contributed by atoms with Gasteiger partial charge in [0.15, 0.2) is 16.7 Å². The summed E-state index contributed by atoms with van der Waals surface area (Å²) in [6.07, 6.45) is 1.82. The number of amidine groups is 1. The Morgan fingerprint density at radius 1 is 0.974 bits per heavy atom. The SMILES string of the molecule is COc1cc(/C=C2/SC(=Nc3ccccc3)N(c3ccccc3)C2=O)cc(I)c1OCc1ccccc1F. The molecule has 5 nitrogen and oxygen atoms in total. The van der Waals surface area contributed by atoms with Crippen molar-refractivity contribution in [1.82, 2.24) is 0 Å². The number of hydrogen-bond acceptors (Lipinski definition) is 5. The summed E-state index contributed by atoms with van der Waals surface area (Å²) in [5.74, 6) is 0.523. The molecule has 0 saturated carbocycles. The van der Waals surface area contributed by atoms with E-state index >= 15 is 0 Å². The molecular weight excluding hydrogens is 614 g/mol. The number of halogens is 2. The van der Waals surface area contributed by atoms with Gasteiger partial charge in [-0.1, -0.05) is 54.6 Å². The van der Waals surface area contributed by atoms with Crippen molar-refractivity contribution in [3.05, 3.63) is 122 Å². The van der Waals surface area contributed by atoms with E-state index in [4.69, 9.17) is 14.5 Å². The maximum atomic E-state index is 14.1. The molecule has 0 aliphatic carbocycles. The van der Waals surface area contributed by atoms with E-state index in [0.29, 0.717) is 27.1 Å². The normalized spacial score (nSPS) is 15.3. The molecule has 1 amide bonds. The number of carbonyl (C=O) groups excluding carboxylic acids is 1. The summed E-state index contributed by atoms with van der Waals surface area (Å²) in [6.45, 7) is 0.0686. The van der Waals surface area contributed by atoms with Gasteiger partial charge >= 0.3 is 0 Å². The topological polar surface area (TPSA) is 51.1 Å². The van der Waals surface area contributed by atoms with E-state index in [1.165, 1.54) is 17.8 Å². The third kappa shape index (κ3) is 5.76. The number of hydrogen-bond donors (Lipinski definition) is 0. The first-order chi connectivity index (χ1) is 18.5. The third-order valence-corrected chi connectivity index (χ3v) is 7.45. The van der Waals surface area contributed by atoms with Gasteiger partial charge in [-0.3, -0.25) is 9.69 Å². The minimum absolute atomic E-state index is 0.0686. The van der Waals surface area contributed by atoms with Crippen LogP contribution in [0.15, 0.2) is 107 Å². The lowest BCUT2D eigenvalue weighted by Gasteiger charge is -2.15. The molecular formula is C30H22FIN2O3S. The van der Waals surface area contributed by atoms with E-state index in [1.807, 2.05) is 72.8 Å². The fourth-order valence-electron chi connectivity index (χ4n) is 3.85. The van der Waals surface area contributed by atoms with Gasteiger partial charge in [0.05, 0.1) is 27.0 Å². The molecule has 190 valence electrons. The molecule has 0 spiro atoms. The molecule has 0 N–H and O–H groups in total. The number of ether oxygens (including phenoxy) is 2. The summed E-state index contributed by atoms with van der Waals surface area (Å²) in [5.41, 5.74) is 2.73. The minimum atomic E-state index is -0.324. The molecule has 1 fully saturated rings. The molecule has 1 heterocycles. The number of amides is 1. The van der Waals surface area contributed by atoms with Crippen LogP contribution in [0.1, 0.15) is 11.1 Å². The molecule has 1 aliphatic rings. The zero-order valence-electron chi connectivity index (χ0n) is 20.3. The number of rotatable bonds is 7. The van der Waals surface area contributed by atoms with E-state index in [9.17, 15) is 9.18 Å². The van der Waals surface area contributed by atoms with Gasteiger partial charge in [-0.2, -0.15) is 0 Å². The van der Waals surface area contributed by atoms with Crippen LogP contribution in [0.25, 0.3) is 6.08 Å². The van der Waals surface area contributed by atoms with Gasteiger partial charge in [-0.15, -0.1) is 0 Å². The van der Waals surface area contributed by atoms with Crippen LogP contribution in [0.5, 0.6) is 11.5 Å². The van der Waals surface area contributed by atoms with Crippen LogP contribution in [-0.4, -0.2) is 18.2 Å². The predicted octanol–water partition coefficient (Wildman–Crippen LogP) is 7.83. The molecule has 8 heteroatoms. The van der Waals surface area contributed by atoms with Crippen molar-refractivity contribution in [2.75, 3.05) is 12.0 Å². The van der Waals surface area contributed by atoms with Crippen molar-refractivity contribution in [2.24, 2.45) is 4.99 Å². The van der Waals surface area contributed by atoms with Crippen molar-refractivity contribution in [3.63, 3.8) is 0 Å². The zero-order valence-corrected chi connectivity index (χ0v) is 23.3. The number of nitrogens with zero attached hydrogens (tertiary/aromatic N) is 2. The monoisotopic (exact) mass is 636 g/mol. The van der Waals surface area contributed by atoms with Crippen LogP contribution in [0, 0.1) is 9.39 Å². The Labute approximate surface area is 238 Å².